The van der Waals surface area contributed by atoms with Crippen LogP contribution in [-0.4, -0.2) is 46.9 Å². The highest BCUT2D eigenvalue weighted by Crippen LogP contribution is 2.05. The Hall–Kier alpha value is -2.22. The van der Waals surface area contributed by atoms with Crippen LogP contribution in [0.1, 0.15) is 28.0 Å². The summed E-state index contributed by atoms with van der Waals surface area (Å²) >= 11 is 0. The van der Waals surface area contributed by atoms with Gasteiger partial charge in [0.25, 0.3) is 11.5 Å². The predicted octanol–water partition coefficient (Wildman–Crippen LogP) is -0.394. The minimum absolute atomic E-state index is 0.00187. The number of carboxylic acid groups (broad SMARTS) is 1. The van der Waals surface area contributed by atoms with Crippen LogP contribution < -0.4 is 10.9 Å². The summed E-state index contributed by atoms with van der Waals surface area (Å²) < 4.78 is 4.94. The van der Waals surface area contributed by atoms with Gasteiger partial charge >= 0.3 is 5.97 Å². The number of hydrogen-bond acceptors (Lipinski definition) is 5. The molecule has 1 aromatic heterocycles. The van der Waals surface area contributed by atoms with Crippen molar-refractivity contribution in [3.8, 4) is 0 Å². The molecule has 0 aliphatic heterocycles. The zero-order valence-electron chi connectivity index (χ0n) is 11.5. The SMILES string of the molecule is COC(CNC(=O)c1c(C)c(C)n[nH]c1=O)CC(=O)O. The van der Waals surface area contributed by atoms with E-state index in [0.717, 1.165) is 0 Å². The average Bonchev–Trinajstić information content (AvgIpc) is 2.39. The lowest BCUT2D eigenvalue weighted by molar-refractivity contribution is -0.139. The zero-order valence-corrected chi connectivity index (χ0v) is 11.5. The second-order valence-electron chi connectivity index (χ2n) is 4.30. The Balaban J connectivity index is 2.80. The molecular formula is C12H17N3O5. The minimum Gasteiger partial charge on any atom is -0.481 e. The number of methoxy groups -OCH3 is 1. The molecule has 20 heavy (non-hydrogen) atoms. The summed E-state index contributed by atoms with van der Waals surface area (Å²) in [5, 5.41) is 17.1. The number of hydrogen-bond donors (Lipinski definition) is 3. The van der Waals surface area contributed by atoms with Crippen LogP contribution in [0.4, 0.5) is 0 Å². The van der Waals surface area contributed by atoms with E-state index in [2.05, 4.69) is 15.5 Å². The molecule has 1 amide bonds. The molecule has 0 radical (unpaired) electrons. The van der Waals surface area contributed by atoms with Gasteiger partial charge in [-0.25, -0.2) is 5.10 Å². The van der Waals surface area contributed by atoms with Gasteiger partial charge < -0.3 is 15.2 Å². The summed E-state index contributed by atoms with van der Waals surface area (Å²) in [6.07, 6.45) is -0.889. The number of rotatable bonds is 6. The van der Waals surface area contributed by atoms with Gasteiger partial charge in [0, 0.05) is 13.7 Å². The molecule has 0 aromatic carbocycles. The van der Waals surface area contributed by atoms with E-state index in [-0.39, 0.29) is 18.5 Å². The number of aliphatic carboxylic acids is 1. The second kappa shape index (κ2) is 6.80. The van der Waals surface area contributed by atoms with E-state index in [1.165, 1.54) is 7.11 Å². The average molecular weight is 283 g/mol. The van der Waals surface area contributed by atoms with Gasteiger partial charge in [-0.15, -0.1) is 0 Å². The third-order valence-corrected chi connectivity index (χ3v) is 2.92. The van der Waals surface area contributed by atoms with Crippen LogP contribution in [-0.2, 0) is 9.53 Å². The van der Waals surface area contributed by atoms with Crippen molar-refractivity contribution in [1.82, 2.24) is 15.5 Å². The first kappa shape index (κ1) is 15.8. The summed E-state index contributed by atoms with van der Waals surface area (Å²) in [5.74, 6) is -1.61. The number of carbonyl (C=O) groups is 2. The molecule has 1 atom stereocenters. The van der Waals surface area contributed by atoms with Gasteiger partial charge in [-0.2, -0.15) is 5.10 Å². The molecule has 0 aliphatic rings. The fourth-order valence-corrected chi connectivity index (χ4v) is 1.63. The van der Waals surface area contributed by atoms with E-state index in [1.54, 1.807) is 13.8 Å². The normalized spacial score (nSPS) is 11.9. The van der Waals surface area contributed by atoms with Crippen LogP contribution >= 0.6 is 0 Å². The number of carbonyl (C=O) groups excluding carboxylic acids is 1. The second-order valence-corrected chi connectivity index (χ2v) is 4.30. The van der Waals surface area contributed by atoms with Gasteiger partial charge in [-0.1, -0.05) is 0 Å². The highest BCUT2D eigenvalue weighted by atomic mass is 16.5. The Morgan fingerprint density at radius 3 is 2.65 bits per heavy atom. The number of amides is 1. The summed E-state index contributed by atoms with van der Waals surface area (Å²) in [7, 11) is 1.36. The molecule has 0 spiro atoms. The summed E-state index contributed by atoms with van der Waals surface area (Å²) in [5.41, 5.74) is 0.419. The molecule has 110 valence electrons. The maximum absolute atomic E-state index is 12.0. The highest BCUT2D eigenvalue weighted by Gasteiger charge is 2.18. The molecule has 8 heteroatoms. The number of aromatic nitrogens is 2. The van der Waals surface area contributed by atoms with Gasteiger partial charge in [0.1, 0.15) is 5.56 Å². The number of nitrogens with one attached hydrogen (secondary N) is 2. The van der Waals surface area contributed by atoms with Crippen LogP contribution in [0, 0.1) is 13.8 Å². The van der Waals surface area contributed by atoms with Gasteiger partial charge in [0.05, 0.1) is 18.2 Å². The van der Waals surface area contributed by atoms with Crippen molar-refractivity contribution in [3.63, 3.8) is 0 Å². The quantitative estimate of drug-likeness (QED) is 0.653. The standard InChI is InChI=1S/C12H17N3O5/c1-6-7(2)14-15-12(19)10(6)11(18)13-5-8(20-3)4-9(16)17/h8H,4-5H2,1-3H3,(H,13,18)(H,15,19)(H,16,17). The van der Waals surface area contributed by atoms with E-state index in [1.807, 2.05) is 0 Å². The molecule has 1 heterocycles. The zero-order chi connectivity index (χ0) is 15.3. The van der Waals surface area contributed by atoms with Gasteiger partial charge in [0.15, 0.2) is 0 Å². The van der Waals surface area contributed by atoms with Gasteiger partial charge in [-0.3, -0.25) is 14.4 Å². The van der Waals surface area contributed by atoms with Crippen molar-refractivity contribution in [2.45, 2.75) is 26.4 Å². The van der Waals surface area contributed by atoms with Crippen molar-refractivity contribution in [2.75, 3.05) is 13.7 Å². The topological polar surface area (TPSA) is 121 Å². The van der Waals surface area contributed by atoms with Crippen molar-refractivity contribution in [3.05, 3.63) is 27.2 Å². The van der Waals surface area contributed by atoms with Crippen LogP contribution in [0.3, 0.4) is 0 Å². The van der Waals surface area contributed by atoms with Gasteiger partial charge in [-0.05, 0) is 19.4 Å². The lowest BCUT2D eigenvalue weighted by Crippen LogP contribution is -2.37. The van der Waals surface area contributed by atoms with E-state index in [0.29, 0.717) is 11.3 Å². The molecule has 0 fully saturated rings. The van der Waals surface area contributed by atoms with E-state index < -0.39 is 23.5 Å². The number of aromatic amines is 1. The summed E-state index contributed by atoms with van der Waals surface area (Å²) in [4.78, 5) is 34.2. The fourth-order valence-electron chi connectivity index (χ4n) is 1.63. The van der Waals surface area contributed by atoms with Crippen LogP contribution in [0.5, 0.6) is 0 Å². The minimum atomic E-state index is -1.03. The fraction of sp³-hybridized carbons (Fsp3) is 0.500. The predicted molar refractivity (Wildman–Crippen MR) is 69.7 cm³/mol. The lowest BCUT2D eigenvalue weighted by atomic mass is 10.1. The lowest BCUT2D eigenvalue weighted by Gasteiger charge is -2.14. The molecule has 0 aliphatic carbocycles. The summed E-state index contributed by atoms with van der Waals surface area (Å²) in [6, 6.07) is 0. The first-order valence-electron chi connectivity index (χ1n) is 5.95. The third-order valence-electron chi connectivity index (χ3n) is 2.92. The number of ether oxygens (including phenoxy) is 1. The number of H-pyrrole nitrogens is 1. The van der Waals surface area contributed by atoms with Crippen LogP contribution in [0.15, 0.2) is 4.79 Å². The van der Waals surface area contributed by atoms with E-state index in [4.69, 9.17) is 9.84 Å². The first-order valence-corrected chi connectivity index (χ1v) is 5.95. The van der Waals surface area contributed by atoms with E-state index >= 15 is 0 Å². The van der Waals surface area contributed by atoms with Crippen molar-refractivity contribution in [2.24, 2.45) is 0 Å². The molecule has 1 rings (SSSR count). The Morgan fingerprint density at radius 2 is 2.10 bits per heavy atom. The molecule has 0 saturated heterocycles. The Labute approximate surface area is 115 Å². The summed E-state index contributed by atoms with van der Waals surface area (Å²) in [6.45, 7) is 3.30. The van der Waals surface area contributed by atoms with Crippen molar-refractivity contribution in [1.29, 1.82) is 0 Å². The molecular weight excluding hydrogens is 266 g/mol. The first-order chi connectivity index (χ1) is 9.36. The maximum Gasteiger partial charge on any atom is 0.306 e. The highest BCUT2D eigenvalue weighted by molar-refractivity contribution is 5.95. The number of carboxylic acids is 1. The Bertz CT molecular complexity index is 567. The molecule has 1 aromatic rings. The van der Waals surface area contributed by atoms with Gasteiger partial charge in [0.2, 0.25) is 0 Å². The molecule has 1 unspecified atom stereocenters. The van der Waals surface area contributed by atoms with Crippen molar-refractivity contribution < 1.29 is 19.4 Å². The van der Waals surface area contributed by atoms with Crippen LogP contribution in [0.2, 0.25) is 0 Å². The molecule has 3 N–H and O–H groups in total. The Kier molecular flexibility index (Phi) is 5.39. The number of aryl methyl sites for hydroxylation is 1. The molecule has 0 bridgehead atoms. The number of nitrogens with zero attached hydrogens (tertiary/aromatic N) is 1. The van der Waals surface area contributed by atoms with Crippen molar-refractivity contribution >= 4 is 11.9 Å². The third kappa shape index (κ3) is 3.89. The molecule has 8 nitrogen and oxygen atoms in total. The van der Waals surface area contributed by atoms with E-state index in [9.17, 15) is 14.4 Å². The maximum atomic E-state index is 12.0. The largest absolute Gasteiger partial charge is 0.481 e. The smallest absolute Gasteiger partial charge is 0.306 e. The molecule has 0 saturated carbocycles. The van der Waals surface area contributed by atoms with Crippen LogP contribution in [0.25, 0.3) is 0 Å². The Morgan fingerprint density at radius 1 is 1.45 bits per heavy atom. The monoisotopic (exact) mass is 283 g/mol.